The quantitative estimate of drug-likeness (QED) is 0.718. The molecule has 3 N–H and O–H groups in total. The minimum absolute atomic E-state index is 0.0564. The van der Waals surface area contributed by atoms with E-state index in [0.717, 1.165) is 22.4 Å². The highest BCUT2D eigenvalue weighted by Crippen LogP contribution is 2.22. The number of amides is 2. The van der Waals surface area contributed by atoms with E-state index in [1.807, 2.05) is 32.9 Å². The van der Waals surface area contributed by atoms with Gasteiger partial charge in [-0.3, -0.25) is 9.59 Å². The predicted molar refractivity (Wildman–Crippen MR) is 101 cm³/mol. The van der Waals surface area contributed by atoms with Crippen molar-refractivity contribution in [3.05, 3.63) is 58.7 Å². The maximum atomic E-state index is 12.3. The Morgan fingerprint density at radius 3 is 2.30 bits per heavy atom. The van der Waals surface area contributed by atoms with Gasteiger partial charge in [0.15, 0.2) is 0 Å². The molecule has 0 unspecified atom stereocenters. The van der Waals surface area contributed by atoms with E-state index in [1.165, 1.54) is 4.80 Å². The first kappa shape index (κ1) is 18.2. The van der Waals surface area contributed by atoms with Gasteiger partial charge in [0, 0.05) is 16.8 Å². The molecule has 0 aliphatic heterocycles. The third kappa shape index (κ3) is 4.17. The van der Waals surface area contributed by atoms with Crippen LogP contribution in [0.2, 0.25) is 0 Å². The number of carbonyl (C=O) groups is 2. The molecule has 0 aliphatic rings. The van der Waals surface area contributed by atoms with Crippen molar-refractivity contribution in [3.8, 4) is 11.4 Å². The lowest BCUT2D eigenvalue weighted by molar-refractivity contribution is -0.117. The molecule has 0 radical (unpaired) electrons. The van der Waals surface area contributed by atoms with Crippen molar-refractivity contribution in [1.29, 1.82) is 0 Å². The van der Waals surface area contributed by atoms with Gasteiger partial charge < -0.3 is 11.1 Å². The summed E-state index contributed by atoms with van der Waals surface area (Å²) in [5, 5.41) is 15.0. The summed E-state index contributed by atoms with van der Waals surface area (Å²) in [7, 11) is 0. The standard InChI is InChI=1S/C19H20N6O2/c1-11-8-12(2)17(13(3)9-11)21-16(26)10-25-23-19(22-24-25)15-6-4-14(5-7-15)18(20)27/h4-9H,10H2,1-3H3,(H2,20,27)(H,21,26). The van der Waals surface area contributed by atoms with Gasteiger partial charge in [-0.05, 0) is 49.2 Å². The third-order valence-electron chi connectivity index (χ3n) is 4.11. The van der Waals surface area contributed by atoms with Crippen molar-refractivity contribution in [1.82, 2.24) is 20.2 Å². The topological polar surface area (TPSA) is 116 Å². The van der Waals surface area contributed by atoms with Crippen molar-refractivity contribution in [2.75, 3.05) is 5.32 Å². The molecule has 2 amide bonds. The van der Waals surface area contributed by atoms with Gasteiger partial charge in [-0.2, -0.15) is 4.80 Å². The van der Waals surface area contributed by atoms with Crippen molar-refractivity contribution >= 4 is 17.5 Å². The van der Waals surface area contributed by atoms with E-state index in [0.29, 0.717) is 17.0 Å². The summed E-state index contributed by atoms with van der Waals surface area (Å²) in [4.78, 5) is 24.7. The largest absolute Gasteiger partial charge is 0.366 e. The predicted octanol–water partition coefficient (Wildman–Crippen LogP) is 2.00. The van der Waals surface area contributed by atoms with Crippen LogP contribution in [0, 0.1) is 20.8 Å². The van der Waals surface area contributed by atoms with Crippen LogP contribution in [0.15, 0.2) is 36.4 Å². The Hall–Kier alpha value is -3.55. The molecule has 8 nitrogen and oxygen atoms in total. The fraction of sp³-hybridized carbons (Fsp3) is 0.211. The van der Waals surface area contributed by atoms with Gasteiger partial charge in [-0.15, -0.1) is 10.2 Å². The molecule has 3 rings (SSSR count). The molecule has 0 bridgehead atoms. The maximum absolute atomic E-state index is 12.3. The molecule has 138 valence electrons. The molecule has 3 aromatic rings. The molecule has 0 aliphatic carbocycles. The van der Waals surface area contributed by atoms with Crippen molar-refractivity contribution in [2.45, 2.75) is 27.3 Å². The average Bonchev–Trinajstić information content (AvgIpc) is 3.06. The van der Waals surface area contributed by atoms with Crippen LogP contribution < -0.4 is 11.1 Å². The summed E-state index contributed by atoms with van der Waals surface area (Å²) in [5.74, 6) is -0.379. The van der Waals surface area contributed by atoms with E-state index in [4.69, 9.17) is 5.73 Å². The van der Waals surface area contributed by atoms with Gasteiger partial charge in [0.2, 0.25) is 17.6 Å². The second kappa shape index (κ2) is 7.36. The zero-order chi connectivity index (χ0) is 19.6. The second-order valence-electron chi connectivity index (χ2n) is 6.41. The third-order valence-corrected chi connectivity index (χ3v) is 4.11. The molecule has 0 saturated carbocycles. The zero-order valence-corrected chi connectivity index (χ0v) is 15.4. The molecule has 0 fully saturated rings. The van der Waals surface area contributed by atoms with E-state index in [2.05, 4.69) is 20.7 Å². The van der Waals surface area contributed by atoms with Crippen LogP contribution in [-0.2, 0) is 11.3 Å². The number of benzene rings is 2. The van der Waals surface area contributed by atoms with E-state index in [9.17, 15) is 9.59 Å². The van der Waals surface area contributed by atoms with E-state index in [-0.39, 0.29) is 12.5 Å². The Kier molecular flexibility index (Phi) is 4.98. The lowest BCUT2D eigenvalue weighted by Gasteiger charge is -2.12. The van der Waals surface area contributed by atoms with E-state index in [1.54, 1.807) is 24.3 Å². The number of nitrogens with one attached hydrogen (secondary N) is 1. The first-order valence-electron chi connectivity index (χ1n) is 8.39. The van der Waals surface area contributed by atoms with Crippen LogP contribution in [0.4, 0.5) is 5.69 Å². The Labute approximate surface area is 156 Å². The highest BCUT2D eigenvalue weighted by molar-refractivity contribution is 5.93. The normalized spacial score (nSPS) is 10.6. The van der Waals surface area contributed by atoms with Crippen LogP contribution in [0.5, 0.6) is 0 Å². The van der Waals surface area contributed by atoms with Crippen LogP contribution >= 0.6 is 0 Å². The minimum Gasteiger partial charge on any atom is -0.366 e. The molecule has 2 aromatic carbocycles. The fourth-order valence-corrected chi connectivity index (χ4v) is 2.89. The molecular weight excluding hydrogens is 344 g/mol. The Bertz CT molecular complexity index is 984. The van der Waals surface area contributed by atoms with E-state index < -0.39 is 5.91 Å². The van der Waals surface area contributed by atoms with Gasteiger partial charge in [0.25, 0.3) is 0 Å². The summed E-state index contributed by atoms with van der Waals surface area (Å²) in [6.45, 7) is 5.87. The number of hydrogen-bond acceptors (Lipinski definition) is 5. The van der Waals surface area contributed by atoms with E-state index >= 15 is 0 Å². The summed E-state index contributed by atoms with van der Waals surface area (Å²) < 4.78 is 0. The second-order valence-corrected chi connectivity index (χ2v) is 6.41. The number of nitrogens with zero attached hydrogens (tertiary/aromatic N) is 4. The molecule has 1 heterocycles. The Morgan fingerprint density at radius 1 is 1.07 bits per heavy atom. The number of carbonyl (C=O) groups excluding carboxylic acids is 2. The van der Waals surface area contributed by atoms with Crippen LogP contribution in [0.3, 0.4) is 0 Å². The highest BCUT2D eigenvalue weighted by Gasteiger charge is 2.12. The lowest BCUT2D eigenvalue weighted by atomic mass is 10.1. The van der Waals surface area contributed by atoms with Crippen LogP contribution in [0.25, 0.3) is 11.4 Å². The van der Waals surface area contributed by atoms with Gasteiger partial charge in [0.1, 0.15) is 6.54 Å². The van der Waals surface area contributed by atoms with Crippen molar-refractivity contribution in [3.63, 3.8) is 0 Å². The van der Waals surface area contributed by atoms with Crippen molar-refractivity contribution in [2.24, 2.45) is 5.73 Å². The zero-order valence-electron chi connectivity index (χ0n) is 15.4. The number of hydrogen-bond donors (Lipinski definition) is 2. The number of nitrogens with two attached hydrogens (primary N) is 1. The minimum atomic E-state index is -0.503. The van der Waals surface area contributed by atoms with Gasteiger partial charge in [0.05, 0.1) is 0 Å². The number of aromatic nitrogens is 4. The molecule has 0 spiro atoms. The molecular formula is C19H20N6O2. The number of aryl methyl sites for hydroxylation is 3. The average molecular weight is 364 g/mol. The summed E-state index contributed by atoms with van der Waals surface area (Å²) in [5.41, 5.74) is 10.2. The summed E-state index contributed by atoms with van der Waals surface area (Å²) in [6, 6.07) is 10.6. The smallest absolute Gasteiger partial charge is 0.248 e. The SMILES string of the molecule is Cc1cc(C)c(NC(=O)Cn2nnc(-c3ccc(C(N)=O)cc3)n2)c(C)c1. The molecule has 0 atom stereocenters. The first-order chi connectivity index (χ1) is 12.8. The number of tetrazole rings is 1. The Morgan fingerprint density at radius 2 is 1.70 bits per heavy atom. The molecule has 1 aromatic heterocycles. The molecule has 0 saturated heterocycles. The first-order valence-corrected chi connectivity index (χ1v) is 8.39. The maximum Gasteiger partial charge on any atom is 0.248 e. The summed E-state index contributed by atoms with van der Waals surface area (Å²) in [6.07, 6.45) is 0. The highest BCUT2D eigenvalue weighted by atomic mass is 16.2. The van der Waals surface area contributed by atoms with Gasteiger partial charge in [-0.25, -0.2) is 0 Å². The monoisotopic (exact) mass is 364 g/mol. The number of rotatable bonds is 5. The Balaban J connectivity index is 1.70. The number of primary amides is 1. The molecule has 27 heavy (non-hydrogen) atoms. The molecule has 8 heteroatoms. The van der Waals surface area contributed by atoms with Crippen LogP contribution in [0.1, 0.15) is 27.0 Å². The van der Waals surface area contributed by atoms with Crippen LogP contribution in [-0.4, -0.2) is 32.0 Å². The van der Waals surface area contributed by atoms with Gasteiger partial charge >= 0.3 is 0 Å². The number of anilines is 1. The van der Waals surface area contributed by atoms with Gasteiger partial charge in [-0.1, -0.05) is 29.8 Å². The fourth-order valence-electron chi connectivity index (χ4n) is 2.89. The lowest BCUT2D eigenvalue weighted by Crippen LogP contribution is -2.21. The van der Waals surface area contributed by atoms with Crippen molar-refractivity contribution < 1.29 is 9.59 Å². The summed E-state index contributed by atoms with van der Waals surface area (Å²) >= 11 is 0.